The fourth-order valence-electron chi connectivity index (χ4n) is 2.14. The third-order valence-electron chi connectivity index (χ3n) is 3.52. The molecular weight excluding hydrogens is 268 g/mol. The summed E-state index contributed by atoms with van der Waals surface area (Å²) in [4.78, 5) is 24.7. The number of nitrogens with zero attached hydrogens (tertiary/aromatic N) is 1. The average Bonchev–Trinajstić information content (AvgIpc) is 2.76. The zero-order chi connectivity index (χ0) is 13.7. The lowest BCUT2D eigenvalue weighted by atomic mass is 10.1. The smallest absolute Gasteiger partial charge is 0.307 e. The van der Waals surface area contributed by atoms with E-state index in [4.69, 9.17) is 5.11 Å². The van der Waals surface area contributed by atoms with Crippen molar-refractivity contribution in [2.75, 3.05) is 19.6 Å². The predicted molar refractivity (Wildman–Crippen MR) is 76.5 cm³/mol. The van der Waals surface area contributed by atoms with Gasteiger partial charge in [0.05, 0.1) is 12.0 Å². The highest BCUT2D eigenvalue weighted by atomic mass is 35.5. The summed E-state index contributed by atoms with van der Waals surface area (Å²) < 4.78 is 0. The van der Waals surface area contributed by atoms with Crippen molar-refractivity contribution in [2.24, 2.45) is 11.8 Å². The molecule has 2 atom stereocenters. The molecule has 1 saturated heterocycles. The Morgan fingerprint density at radius 3 is 2.47 bits per heavy atom. The third kappa shape index (κ3) is 5.78. The average molecular weight is 293 g/mol. The number of hydrogen-bond acceptors (Lipinski definition) is 3. The highest BCUT2D eigenvalue weighted by Crippen LogP contribution is 2.18. The van der Waals surface area contributed by atoms with Gasteiger partial charge in [0.1, 0.15) is 0 Å². The molecule has 1 fully saturated rings. The largest absolute Gasteiger partial charge is 0.481 e. The third-order valence-corrected chi connectivity index (χ3v) is 3.52. The molecule has 19 heavy (non-hydrogen) atoms. The second-order valence-corrected chi connectivity index (χ2v) is 5.47. The zero-order valence-corrected chi connectivity index (χ0v) is 12.7. The Hall–Kier alpha value is -0.810. The molecule has 1 aliphatic heterocycles. The molecule has 1 aliphatic rings. The minimum absolute atomic E-state index is 0. The second kappa shape index (κ2) is 8.38. The number of carbonyl (C=O) groups is 2. The minimum atomic E-state index is -0.759. The SMILES string of the molecule is CC(C)CCNC(=O)C(C)N1CCC(C(=O)O)C1.Cl. The van der Waals surface area contributed by atoms with Crippen molar-refractivity contribution in [3.63, 3.8) is 0 Å². The van der Waals surface area contributed by atoms with Gasteiger partial charge in [-0.3, -0.25) is 14.5 Å². The zero-order valence-electron chi connectivity index (χ0n) is 11.9. The van der Waals surface area contributed by atoms with Gasteiger partial charge in [0.25, 0.3) is 0 Å². The molecule has 6 heteroatoms. The van der Waals surface area contributed by atoms with Gasteiger partial charge in [-0.15, -0.1) is 12.4 Å². The summed E-state index contributed by atoms with van der Waals surface area (Å²) in [6.45, 7) is 7.94. The molecule has 0 bridgehead atoms. The summed E-state index contributed by atoms with van der Waals surface area (Å²) in [6, 6.07) is -0.235. The van der Waals surface area contributed by atoms with Crippen molar-refractivity contribution in [1.29, 1.82) is 0 Å². The van der Waals surface area contributed by atoms with Crippen LogP contribution >= 0.6 is 12.4 Å². The normalized spacial score (nSPS) is 20.9. The van der Waals surface area contributed by atoms with Gasteiger partial charge >= 0.3 is 5.97 Å². The molecule has 1 rings (SSSR count). The van der Waals surface area contributed by atoms with Gasteiger partial charge < -0.3 is 10.4 Å². The Bertz CT molecular complexity index is 310. The molecule has 0 saturated carbocycles. The van der Waals surface area contributed by atoms with E-state index >= 15 is 0 Å². The summed E-state index contributed by atoms with van der Waals surface area (Å²) in [5, 5.41) is 11.8. The van der Waals surface area contributed by atoms with E-state index in [1.807, 2.05) is 11.8 Å². The van der Waals surface area contributed by atoms with E-state index in [2.05, 4.69) is 19.2 Å². The van der Waals surface area contributed by atoms with Crippen LogP contribution in [0.4, 0.5) is 0 Å². The van der Waals surface area contributed by atoms with Crippen LogP contribution in [0, 0.1) is 11.8 Å². The second-order valence-electron chi connectivity index (χ2n) is 5.47. The first-order valence-electron chi connectivity index (χ1n) is 6.66. The molecule has 112 valence electrons. The van der Waals surface area contributed by atoms with Gasteiger partial charge in [-0.2, -0.15) is 0 Å². The Morgan fingerprint density at radius 2 is 2.00 bits per heavy atom. The lowest BCUT2D eigenvalue weighted by Crippen LogP contribution is -2.44. The summed E-state index contributed by atoms with van der Waals surface area (Å²) in [5.74, 6) is -0.508. The lowest BCUT2D eigenvalue weighted by molar-refractivity contribution is -0.141. The minimum Gasteiger partial charge on any atom is -0.481 e. The lowest BCUT2D eigenvalue weighted by Gasteiger charge is -2.23. The fourth-order valence-corrected chi connectivity index (χ4v) is 2.14. The van der Waals surface area contributed by atoms with E-state index in [-0.39, 0.29) is 30.3 Å². The van der Waals surface area contributed by atoms with Crippen molar-refractivity contribution < 1.29 is 14.7 Å². The number of carboxylic acid groups (broad SMARTS) is 1. The van der Waals surface area contributed by atoms with E-state index in [1.54, 1.807) is 0 Å². The van der Waals surface area contributed by atoms with Crippen molar-refractivity contribution in [1.82, 2.24) is 10.2 Å². The Balaban J connectivity index is 0.00000324. The molecule has 2 N–H and O–H groups in total. The van der Waals surface area contributed by atoms with E-state index in [0.717, 1.165) is 6.42 Å². The first-order valence-corrected chi connectivity index (χ1v) is 6.66. The molecule has 1 amide bonds. The van der Waals surface area contributed by atoms with Gasteiger partial charge in [0.15, 0.2) is 0 Å². The maximum absolute atomic E-state index is 11.9. The molecular formula is C13H25ClN2O3. The number of halogens is 1. The van der Waals surface area contributed by atoms with E-state index < -0.39 is 5.97 Å². The molecule has 0 aromatic rings. The maximum atomic E-state index is 11.9. The van der Waals surface area contributed by atoms with Crippen LogP contribution in [-0.4, -0.2) is 47.6 Å². The Morgan fingerprint density at radius 1 is 1.37 bits per heavy atom. The van der Waals surface area contributed by atoms with Crippen LogP contribution in [0.1, 0.15) is 33.6 Å². The predicted octanol–water partition coefficient (Wildman–Crippen LogP) is 1.37. The maximum Gasteiger partial charge on any atom is 0.307 e. The molecule has 0 radical (unpaired) electrons. The fraction of sp³-hybridized carbons (Fsp3) is 0.846. The molecule has 0 aromatic carbocycles. The molecule has 2 unspecified atom stereocenters. The standard InChI is InChI=1S/C13H24N2O3.ClH/c1-9(2)4-6-14-12(16)10(3)15-7-5-11(8-15)13(17)18;/h9-11H,4-8H2,1-3H3,(H,14,16)(H,17,18);1H. The first-order chi connectivity index (χ1) is 8.41. The first kappa shape index (κ1) is 18.2. The number of aliphatic carboxylic acids is 1. The molecule has 0 aromatic heterocycles. The van der Waals surface area contributed by atoms with Crippen LogP contribution in [-0.2, 0) is 9.59 Å². The Kier molecular flexibility index (Phi) is 8.02. The van der Waals surface area contributed by atoms with Crippen LogP contribution in [0.15, 0.2) is 0 Å². The number of amides is 1. The van der Waals surface area contributed by atoms with Crippen LogP contribution in [0.2, 0.25) is 0 Å². The highest BCUT2D eigenvalue weighted by molar-refractivity contribution is 5.85. The Labute approximate surface area is 121 Å². The van der Waals surface area contributed by atoms with E-state index in [0.29, 0.717) is 32.0 Å². The van der Waals surface area contributed by atoms with Crippen LogP contribution in [0.3, 0.4) is 0 Å². The highest BCUT2D eigenvalue weighted by Gasteiger charge is 2.32. The molecule has 0 spiro atoms. The summed E-state index contributed by atoms with van der Waals surface area (Å²) in [6.07, 6.45) is 1.61. The van der Waals surface area contributed by atoms with E-state index in [9.17, 15) is 9.59 Å². The van der Waals surface area contributed by atoms with Crippen molar-refractivity contribution in [3.8, 4) is 0 Å². The molecule has 1 heterocycles. The number of likely N-dealkylation sites (tertiary alicyclic amines) is 1. The summed E-state index contributed by atoms with van der Waals surface area (Å²) in [7, 11) is 0. The van der Waals surface area contributed by atoms with Crippen molar-refractivity contribution in [3.05, 3.63) is 0 Å². The topological polar surface area (TPSA) is 69.6 Å². The van der Waals surface area contributed by atoms with Gasteiger partial charge in [0, 0.05) is 13.1 Å². The van der Waals surface area contributed by atoms with Gasteiger partial charge in [-0.05, 0) is 32.2 Å². The van der Waals surface area contributed by atoms with Gasteiger partial charge in [0.2, 0.25) is 5.91 Å². The summed E-state index contributed by atoms with van der Waals surface area (Å²) in [5.41, 5.74) is 0. The van der Waals surface area contributed by atoms with Crippen molar-refractivity contribution >= 4 is 24.3 Å². The number of rotatable bonds is 6. The van der Waals surface area contributed by atoms with Gasteiger partial charge in [-0.25, -0.2) is 0 Å². The van der Waals surface area contributed by atoms with Crippen LogP contribution in [0.5, 0.6) is 0 Å². The molecule has 0 aliphatic carbocycles. The quantitative estimate of drug-likeness (QED) is 0.776. The number of hydrogen-bond donors (Lipinski definition) is 2. The van der Waals surface area contributed by atoms with Gasteiger partial charge in [-0.1, -0.05) is 13.8 Å². The van der Waals surface area contributed by atoms with Crippen molar-refractivity contribution in [2.45, 2.75) is 39.7 Å². The summed E-state index contributed by atoms with van der Waals surface area (Å²) >= 11 is 0. The molecule has 5 nitrogen and oxygen atoms in total. The monoisotopic (exact) mass is 292 g/mol. The number of nitrogens with one attached hydrogen (secondary N) is 1. The number of carbonyl (C=O) groups excluding carboxylic acids is 1. The van der Waals surface area contributed by atoms with Crippen LogP contribution in [0.25, 0.3) is 0 Å². The van der Waals surface area contributed by atoms with Crippen LogP contribution < -0.4 is 5.32 Å². The van der Waals surface area contributed by atoms with E-state index in [1.165, 1.54) is 0 Å². The number of carboxylic acids is 1.